The fourth-order valence-electron chi connectivity index (χ4n) is 1.14. The highest BCUT2D eigenvalue weighted by atomic mass is 16.5. The summed E-state index contributed by atoms with van der Waals surface area (Å²) >= 11 is 0. The Morgan fingerprint density at radius 2 is 2.00 bits per heavy atom. The van der Waals surface area contributed by atoms with Gasteiger partial charge in [0.2, 0.25) is 0 Å². The van der Waals surface area contributed by atoms with E-state index in [0.717, 1.165) is 18.8 Å². The molecule has 3 heteroatoms. The number of carbonyl (C=O) groups excluding carboxylic acids is 1. The highest BCUT2D eigenvalue weighted by molar-refractivity contribution is 5.86. The summed E-state index contributed by atoms with van der Waals surface area (Å²) < 4.78 is 4.46. The number of aliphatic hydroxyl groups excluding tert-OH is 1. The van der Waals surface area contributed by atoms with Gasteiger partial charge >= 0.3 is 5.97 Å². The Morgan fingerprint density at radius 3 is 2.42 bits per heavy atom. The normalized spacial score (nSPS) is 11.4. The lowest BCUT2D eigenvalue weighted by Gasteiger charge is -2.02. The van der Waals surface area contributed by atoms with Gasteiger partial charge in [-0.05, 0) is 32.1 Å². The van der Waals surface area contributed by atoms with Crippen LogP contribution in [0.1, 0.15) is 40.0 Å². The minimum absolute atomic E-state index is 0.0473. The zero-order chi connectivity index (χ0) is 15.1. The number of esters is 1. The van der Waals surface area contributed by atoms with Crippen LogP contribution in [0.5, 0.6) is 0 Å². The molecule has 0 saturated heterocycles. The number of hydrogen-bond donors (Lipinski definition) is 1. The summed E-state index contributed by atoms with van der Waals surface area (Å²) in [6.07, 6.45) is 9.95. The Balaban J connectivity index is 0. The predicted octanol–water partition coefficient (Wildman–Crippen LogP) is 3.65. The first-order valence-electron chi connectivity index (χ1n) is 6.68. The van der Waals surface area contributed by atoms with Gasteiger partial charge in [-0.2, -0.15) is 0 Å². The van der Waals surface area contributed by atoms with E-state index in [1.807, 2.05) is 6.08 Å². The summed E-state index contributed by atoms with van der Waals surface area (Å²) in [5.74, 6) is 0.310. The third kappa shape index (κ3) is 16.6. The fraction of sp³-hybridized carbons (Fsp3) is 0.562. The van der Waals surface area contributed by atoms with Gasteiger partial charge in [-0.3, -0.25) is 0 Å². The fourth-order valence-corrected chi connectivity index (χ4v) is 1.14. The first-order chi connectivity index (χ1) is 8.99. The smallest absolute Gasteiger partial charge is 0.333 e. The molecule has 0 aliphatic rings. The lowest BCUT2D eigenvalue weighted by atomic mass is 10.0. The molecule has 19 heavy (non-hydrogen) atoms. The molecule has 0 aromatic heterocycles. The maximum Gasteiger partial charge on any atom is 0.333 e. The van der Waals surface area contributed by atoms with Crippen molar-refractivity contribution in [2.45, 2.75) is 40.0 Å². The Bertz CT molecular complexity index is 280. The minimum Gasteiger partial charge on any atom is -0.460 e. The van der Waals surface area contributed by atoms with Gasteiger partial charge in [-0.15, -0.1) is 6.58 Å². The molecule has 0 aromatic carbocycles. The lowest BCUT2D eigenvalue weighted by Crippen LogP contribution is -2.08. The molecular formula is C16H28O3. The van der Waals surface area contributed by atoms with Crippen LogP contribution in [0.2, 0.25) is 0 Å². The highest BCUT2D eigenvalue weighted by Crippen LogP contribution is 2.07. The lowest BCUT2D eigenvalue weighted by molar-refractivity contribution is -0.139. The van der Waals surface area contributed by atoms with E-state index in [1.54, 1.807) is 6.92 Å². The second-order valence-electron chi connectivity index (χ2n) is 4.38. The summed E-state index contributed by atoms with van der Waals surface area (Å²) in [7, 11) is 0. The monoisotopic (exact) mass is 268 g/mol. The maximum absolute atomic E-state index is 10.5. The molecule has 0 fully saturated rings. The van der Waals surface area contributed by atoms with Gasteiger partial charge in [0, 0.05) is 5.57 Å². The SMILES string of the molecule is C=C(C)C(=O)OCCO.C=CCC(C)CC=CCC. The van der Waals surface area contributed by atoms with Crippen LogP contribution in [-0.2, 0) is 9.53 Å². The summed E-state index contributed by atoms with van der Waals surface area (Å²) in [6, 6.07) is 0. The summed E-state index contributed by atoms with van der Waals surface area (Å²) in [6.45, 7) is 12.9. The van der Waals surface area contributed by atoms with Crippen molar-refractivity contribution in [2.24, 2.45) is 5.92 Å². The second kappa shape index (κ2) is 14.7. The molecule has 0 rings (SSSR count). The molecule has 110 valence electrons. The predicted molar refractivity (Wildman–Crippen MR) is 80.9 cm³/mol. The van der Waals surface area contributed by atoms with E-state index in [1.165, 1.54) is 6.42 Å². The summed E-state index contributed by atoms with van der Waals surface area (Å²) in [5, 5.41) is 8.19. The van der Waals surface area contributed by atoms with Gasteiger partial charge in [-0.25, -0.2) is 4.79 Å². The number of allylic oxidation sites excluding steroid dienone is 3. The van der Waals surface area contributed by atoms with Gasteiger partial charge in [0.1, 0.15) is 6.61 Å². The van der Waals surface area contributed by atoms with Crippen molar-refractivity contribution in [3.8, 4) is 0 Å². The topological polar surface area (TPSA) is 46.5 Å². The van der Waals surface area contributed by atoms with Gasteiger partial charge in [0.25, 0.3) is 0 Å². The third-order valence-electron chi connectivity index (χ3n) is 2.18. The maximum atomic E-state index is 10.5. The molecule has 3 nitrogen and oxygen atoms in total. The second-order valence-corrected chi connectivity index (χ2v) is 4.38. The van der Waals surface area contributed by atoms with Crippen molar-refractivity contribution >= 4 is 5.97 Å². The van der Waals surface area contributed by atoms with E-state index in [9.17, 15) is 4.79 Å². The molecule has 0 aliphatic carbocycles. The van der Waals surface area contributed by atoms with Crippen LogP contribution in [0, 0.1) is 5.92 Å². The number of hydrogen-bond acceptors (Lipinski definition) is 3. The number of rotatable bonds is 8. The number of carbonyl (C=O) groups is 1. The van der Waals surface area contributed by atoms with E-state index in [2.05, 4.69) is 43.9 Å². The number of ether oxygens (including phenoxy) is 1. The first-order valence-corrected chi connectivity index (χ1v) is 6.68. The molecule has 0 aromatic rings. The zero-order valence-corrected chi connectivity index (χ0v) is 12.5. The Labute approximate surface area is 117 Å². The molecule has 0 amide bonds. The van der Waals surface area contributed by atoms with E-state index in [4.69, 9.17) is 5.11 Å². The largest absolute Gasteiger partial charge is 0.460 e. The van der Waals surface area contributed by atoms with Crippen LogP contribution in [0.25, 0.3) is 0 Å². The average molecular weight is 268 g/mol. The molecule has 1 N–H and O–H groups in total. The third-order valence-corrected chi connectivity index (χ3v) is 2.18. The van der Waals surface area contributed by atoms with E-state index in [-0.39, 0.29) is 13.2 Å². The van der Waals surface area contributed by atoms with Crippen molar-refractivity contribution in [1.29, 1.82) is 0 Å². The Kier molecular flexibility index (Phi) is 15.5. The quantitative estimate of drug-likeness (QED) is 0.415. The van der Waals surface area contributed by atoms with Crippen LogP contribution >= 0.6 is 0 Å². The van der Waals surface area contributed by atoms with Crippen LogP contribution in [-0.4, -0.2) is 24.3 Å². The first kappa shape index (κ1) is 20.0. The van der Waals surface area contributed by atoms with Crippen LogP contribution in [0.15, 0.2) is 37.0 Å². The van der Waals surface area contributed by atoms with Gasteiger partial charge < -0.3 is 9.84 Å². The minimum atomic E-state index is -0.455. The molecule has 1 unspecified atom stereocenters. The standard InChI is InChI=1S/C10H18.C6H10O3/c1-4-6-7-9-10(3)8-5-2;1-5(2)6(8)9-4-3-7/h5-7,10H,2,4,8-9H2,1,3H3;7H,1,3-4H2,2H3. The molecule has 0 spiro atoms. The van der Waals surface area contributed by atoms with Gasteiger partial charge in [-0.1, -0.05) is 38.7 Å². The average Bonchev–Trinajstić information content (AvgIpc) is 2.37. The molecule has 0 heterocycles. The van der Waals surface area contributed by atoms with Crippen LogP contribution in [0.4, 0.5) is 0 Å². The van der Waals surface area contributed by atoms with Crippen molar-refractivity contribution < 1.29 is 14.6 Å². The van der Waals surface area contributed by atoms with Crippen LogP contribution in [0.3, 0.4) is 0 Å². The highest BCUT2D eigenvalue weighted by Gasteiger charge is 1.99. The van der Waals surface area contributed by atoms with Crippen LogP contribution < -0.4 is 0 Å². The van der Waals surface area contributed by atoms with Crippen molar-refractivity contribution in [3.05, 3.63) is 37.0 Å². The summed E-state index contributed by atoms with van der Waals surface area (Å²) in [5.41, 5.74) is 0.350. The van der Waals surface area contributed by atoms with E-state index < -0.39 is 5.97 Å². The van der Waals surface area contributed by atoms with E-state index in [0.29, 0.717) is 5.57 Å². The molecular weight excluding hydrogens is 240 g/mol. The Morgan fingerprint density at radius 1 is 1.37 bits per heavy atom. The zero-order valence-electron chi connectivity index (χ0n) is 12.5. The van der Waals surface area contributed by atoms with Crippen molar-refractivity contribution in [3.63, 3.8) is 0 Å². The molecule has 0 aliphatic heterocycles. The molecule has 0 radical (unpaired) electrons. The summed E-state index contributed by atoms with van der Waals surface area (Å²) in [4.78, 5) is 10.5. The van der Waals surface area contributed by atoms with E-state index >= 15 is 0 Å². The van der Waals surface area contributed by atoms with Gasteiger partial charge in [0.15, 0.2) is 0 Å². The molecule has 0 saturated carbocycles. The molecule has 1 atom stereocenters. The number of aliphatic hydroxyl groups is 1. The Hall–Kier alpha value is -1.35. The van der Waals surface area contributed by atoms with Crippen molar-refractivity contribution in [1.82, 2.24) is 0 Å². The molecule has 0 bridgehead atoms. The van der Waals surface area contributed by atoms with Gasteiger partial charge in [0.05, 0.1) is 6.61 Å². The van der Waals surface area contributed by atoms with Crippen molar-refractivity contribution in [2.75, 3.05) is 13.2 Å².